The Balaban J connectivity index is 1.81. The third-order valence-corrected chi connectivity index (χ3v) is 3.66. The Morgan fingerprint density at radius 1 is 1.33 bits per heavy atom. The molecule has 0 radical (unpaired) electrons. The van der Waals surface area contributed by atoms with Crippen molar-refractivity contribution in [3.05, 3.63) is 48.0 Å². The zero-order chi connectivity index (χ0) is 14.8. The van der Waals surface area contributed by atoms with Gasteiger partial charge in [0.25, 0.3) is 5.91 Å². The maximum Gasteiger partial charge on any atom is 0.274 e. The normalized spacial score (nSPS) is 18.8. The maximum atomic E-state index is 12.9. The quantitative estimate of drug-likeness (QED) is 0.910. The average molecular weight is 288 g/mol. The summed E-state index contributed by atoms with van der Waals surface area (Å²) in [6.45, 7) is 4.30. The van der Waals surface area contributed by atoms with Crippen LogP contribution in [0.5, 0.6) is 0 Å². The lowest BCUT2D eigenvalue weighted by Crippen LogP contribution is -2.52. The number of rotatable bonds is 2. The van der Waals surface area contributed by atoms with E-state index in [2.05, 4.69) is 10.4 Å². The van der Waals surface area contributed by atoms with Gasteiger partial charge < -0.3 is 10.2 Å². The van der Waals surface area contributed by atoms with Crippen LogP contribution >= 0.6 is 0 Å². The molecule has 3 rings (SSSR count). The molecule has 0 bridgehead atoms. The molecule has 0 spiro atoms. The number of benzene rings is 1. The monoisotopic (exact) mass is 288 g/mol. The first kappa shape index (κ1) is 13.8. The van der Waals surface area contributed by atoms with Crippen molar-refractivity contribution in [2.45, 2.75) is 13.0 Å². The van der Waals surface area contributed by atoms with Crippen molar-refractivity contribution in [1.29, 1.82) is 0 Å². The minimum atomic E-state index is -0.295. The largest absolute Gasteiger partial charge is 0.332 e. The molecule has 1 unspecified atom stereocenters. The number of piperazine rings is 1. The van der Waals surface area contributed by atoms with Crippen molar-refractivity contribution in [2.75, 3.05) is 19.6 Å². The first-order valence-electron chi connectivity index (χ1n) is 6.98. The van der Waals surface area contributed by atoms with E-state index in [0.717, 1.165) is 18.8 Å². The molecule has 2 heterocycles. The predicted molar refractivity (Wildman–Crippen MR) is 76.9 cm³/mol. The number of hydrogen-bond donors (Lipinski definition) is 1. The van der Waals surface area contributed by atoms with Gasteiger partial charge >= 0.3 is 0 Å². The predicted octanol–water partition coefficient (Wildman–Crippen LogP) is 1.45. The van der Waals surface area contributed by atoms with Crippen LogP contribution in [0.2, 0.25) is 0 Å². The van der Waals surface area contributed by atoms with Gasteiger partial charge in [-0.05, 0) is 37.3 Å². The van der Waals surface area contributed by atoms with Crippen LogP contribution in [0.15, 0.2) is 36.5 Å². The van der Waals surface area contributed by atoms with Gasteiger partial charge in [-0.3, -0.25) is 4.79 Å². The summed E-state index contributed by atoms with van der Waals surface area (Å²) >= 11 is 0. The Morgan fingerprint density at radius 2 is 2.10 bits per heavy atom. The van der Waals surface area contributed by atoms with Crippen molar-refractivity contribution in [3.63, 3.8) is 0 Å². The smallest absolute Gasteiger partial charge is 0.274 e. The van der Waals surface area contributed by atoms with Crippen LogP contribution in [0.1, 0.15) is 17.4 Å². The molecule has 1 N–H and O–H groups in total. The molecule has 2 aromatic rings. The zero-order valence-corrected chi connectivity index (χ0v) is 11.8. The Bertz CT molecular complexity index is 637. The van der Waals surface area contributed by atoms with Crippen LogP contribution in [-0.2, 0) is 0 Å². The molecule has 0 aliphatic carbocycles. The molecule has 1 aliphatic rings. The van der Waals surface area contributed by atoms with E-state index in [9.17, 15) is 9.18 Å². The summed E-state index contributed by atoms with van der Waals surface area (Å²) < 4.78 is 14.5. The Kier molecular flexibility index (Phi) is 3.70. The highest BCUT2D eigenvalue weighted by Crippen LogP contribution is 2.12. The topological polar surface area (TPSA) is 50.2 Å². The van der Waals surface area contributed by atoms with Crippen molar-refractivity contribution in [1.82, 2.24) is 20.0 Å². The highest BCUT2D eigenvalue weighted by molar-refractivity contribution is 5.92. The fourth-order valence-electron chi connectivity index (χ4n) is 2.47. The fraction of sp³-hybridized carbons (Fsp3) is 0.333. The number of carbonyl (C=O) groups is 1. The molecule has 21 heavy (non-hydrogen) atoms. The third-order valence-electron chi connectivity index (χ3n) is 3.66. The number of halogens is 1. The third kappa shape index (κ3) is 2.80. The van der Waals surface area contributed by atoms with E-state index in [1.807, 2.05) is 11.8 Å². The van der Waals surface area contributed by atoms with Crippen LogP contribution in [0.25, 0.3) is 5.69 Å². The van der Waals surface area contributed by atoms with Crippen molar-refractivity contribution in [2.24, 2.45) is 0 Å². The summed E-state index contributed by atoms with van der Waals surface area (Å²) in [4.78, 5) is 14.3. The molecule has 5 nitrogen and oxygen atoms in total. The molecule has 1 aliphatic heterocycles. The van der Waals surface area contributed by atoms with E-state index < -0.39 is 0 Å². The fourth-order valence-corrected chi connectivity index (χ4v) is 2.47. The summed E-state index contributed by atoms with van der Waals surface area (Å²) in [5.74, 6) is -0.360. The summed E-state index contributed by atoms with van der Waals surface area (Å²) in [5, 5.41) is 7.55. The molecule has 110 valence electrons. The van der Waals surface area contributed by atoms with Gasteiger partial charge in [-0.2, -0.15) is 5.10 Å². The van der Waals surface area contributed by atoms with E-state index in [4.69, 9.17) is 0 Å². The van der Waals surface area contributed by atoms with E-state index in [1.54, 1.807) is 29.1 Å². The molecule has 1 aromatic heterocycles. The number of nitrogens with zero attached hydrogens (tertiary/aromatic N) is 3. The van der Waals surface area contributed by atoms with Crippen LogP contribution in [0.4, 0.5) is 4.39 Å². The van der Waals surface area contributed by atoms with Gasteiger partial charge in [-0.25, -0.2) is 9.07 Å². The second kappa shape index (κ2) is 5.65. The lowest BCUT2D eigenvalue weighted by Gasteiger charge is -2.33. The number of aromatic nitrogens is 2. The van der Waals surface area contributed by atoms with Gasteiger partial charge in [0.05, 0.1) is 5.69 Å². The Hall–Kier alpha value is -2.21. The SMILES string of the molecule is CC1CNCCN1C(=O)c1ccn(-c2ccc(F)cc2)n1. The number of hydrogen-bond acceptors (Lipinski definition) is 3. The highest BCUT2D eigenvalue weighted by atomic mass is 19.1. The Labute approximate surface area is 122 Å². The van der Waals surface area contributed by atoms with E-state index in [0.29, 0.717) is 12.2 Å². The lowest BCUT2D eigenvalue weighted by molar-refractivity contribution is 0.0649. The van der Waals surface area contributed by atoms with Gasteiger partial charge in [-0.15, -0.1) is 0 Å². The van der Waals surface area contributed by atoms with Gasteiger partial charge in [-0.1, -0.05) is 0 Å². The minimum Gasteiger partial charge on any atom is -0.332 e. The van der Waals surface area contributed by atoms with Crippen LogP contribution < -0.4 is 5.32 Å². The summed E-state index contributed by atoms with van der Waals surface area (Å²) in [7, 11) is 0. The van der Waals surface area contributed by atoms with E-state index >= 15 is 0 Å². The molecule has 1 aromatic carbocycles. The first-order valence-corrected chi connectivity index (χ1v) is 6.98. The summed E-state index contributed by atoms with van der Waals surface area (Å²) in [5.41, 5.74) is 1.14. The molecule has 6 heteroatoms. The maximum absolute atomic E-state index is 12.9. The number of amides is 1. The van der Waals surface area contributed by atoms with Crippen molar-refractivity contribution >= 4 is 5.91 Å². The summed E-state index contributed by atoms with van der Waals surface area (Å²) in [6, 6.07) is 7.85. The number of nitrogens with one attached hydrogen (secondary N) is 1. The van der Waals surface area contributed by atoms with Crippen LogP contribution in [0, 0.1) is 5.82 Å². The second-order valence-corrected chi connectivity index (χ2v) is 5.17. The second-order valence-electron chi connectivity index (χ2n) is 5.17. The zero-order valence-electron chi connectivity index (χ0n) is 11.8. The van der Waals surface area contributed by atoms with Gasteiger partial charge in [0, 0.05) is 31.9 Å². The van der Waals surface area contributed by atoms with Gasteiger partial charge in [0.1, 0.15) is 5.82 Å². The molecule has 1 atom stereocenters. The molecule has 1 fully saturated rings. The summed E-state index contributed by atoms with van der Waals surface area (Å²) in [6.07, 6.45) is 1.72. The Morgan fingerprint density at radius 3 is 2.81 bits per heavy atom. The average Bonchev–Trinajstić information content (AvgIpc) is 2.98. The van der Waals surface area contributed by atoms with Crippen LogP contribution in [0.3, 0.4) is 0 Å². The first-order chi connectivity index (χ1) is 10.1. The number of carbonyl (C=O) groups excluding carboxylic acids is 1. The van der Waals surface area contributed by atoms with Gasteiger partial charge in [0.2, 0.25) is 0 Å². The van der Waals surface area contributed by atoms with Crippen molar-refractivity contribution in [3.8, 4) is 5.69 Å². The van der Waals surface area contributed by atoms with Crippen LogP contribution in [-0.4, -0.2) is 46.3 Å². The molecular weight excluding hydrogens is 271 g/mol. The molecule has 0 saturated carbocycles. The lowest BCUT2D eigenvalue weighted by atomic mass is 10.2. The molecular formula is C15H17FN4O. The minimum absolute atomic E-state index is 0.0649. The molecule has 1 saturated heterocycles. The van der Waals surface area contributed by atoms with E-state index in [1.165, 1.54) is 12.1 Å². The standard InChI is InChI=1S/C15H17FN4O/c1-11-10-17-7-9-19(11)15(21)14-6-8-20(18-14)13-4-2-12(16)3-5-13/h2-6,8,11,17H,7,9-10H2,1H3. The highest BCUT2D eigenvalue weighted by Gasteiger charge is 2.25. The van der Waals surface area contributed by atoms with Gasteiger partial charge in [0.15, 0.2) is 5.69 Å². The molecule has 1 amide bonds. The van der Waals surface area contributed by atoms with Crippen molar-refractivity contribution < 1.29 is 9.18 Å². The van der Waals surface area contributed by atoms with E-state index in [-0.39, 0.29) is 17.8 Å².